The summed E-state index contributed by atoms with van der Waals surface area (Å²) < 4.78 is 13.7. The summed E-state index contributed by atoms with van der Waals surface area (Å²) in [6.07, 6.45) is 6.44. The number of carbonyl (C=O) groups excluding carboxylic acids is 1. The standard InChI is InChI=1S/C15H16Br2O3/c16-12-6-10(9-18)7-13(17)14(12)20-11-2-5-19-15(8-11)3-1-4-15/h6-7,9,11H,1-5,8H2. The van der Waals surface area contributed by atoms with Crippen LogP contribution in [0, 0.1) is 0 Å². The molecule has 1 spiro atoms. The smallest absolute Gasteiger partial charge is 0.150 e. The minimum absolute atomic E-state index is 0.0740. The zero-order valence-corrected chi connectivity index (χ0v) is 14.2. The monoisotopic (exact) mass is 402 g/mol. The summed E-state index contributed by atoms with van der Waals surface area (Å²) in [5.74, 6) is 0.775. The van der Waals surface area contributed by atoms with Crippen molar-refractivity contribution in [2.75, 3.05) is 6.61 Å². The normalized spacial score (nSPS) is 24.2. The van der Waals surface area contributed by atoms with Crippen LogP contribution in [0.4, 0.5) is 0 Å². The lowest BCUT2D eigenvalue weighted by atomic mass is 9.74. The number of carbonyl (C=O) groups is 1. The maximum absolute atomic E-state index is 10.8. The van der Waals surface area contributed by atoms with E-state index in [4.69, 9.17) is 9.47 Å². The zero-order chi connectivity index (χ0) is 14.2. The van der Waals surface area contributed by atoms with Crippen molar-refractivity contribution in [1.29, 1.82) is 0 Å². The van der Waals surface area contributed by atoms with Gasteiger partial charge in [-0.1, -0.05) is 0 Å². The fraction of sp³-hybridized carbons (Fsp3) is 0.533. The van der Waals surface area contributed by atoms with Crippen molar-refractivity contribution < 1.29 is 14.3 Å². The summed E-state index contributed by atoms with van der Waals surface area (Å²) in [5, 5.41) is 0. The van der Waals surface area contributed by atoms with E-state index in [-0.39, 0.29) is 11.7 Å². The molecule has 5 heteroatoms. The first-order valence-corrected chi connectivity index (χ1v) is 8.45. The molecule has 1 saturated heterocycles. The Morgan fingerprint density at radius 1 is 1.30 bits per heavy atom. The van der Waals surface area contributed by atoms with Gasteiger partial charge in [0.25, 0.3) is 0 Å². The van der Waals surface area contributed by atoms with Crippen LogP contribution in [0.3, 0.4) is 0 Å². The Bertz CT molecular complexity index is 503. The number of ether oxygens (including phenoxy) is 2. The maximum atomic E-state index is 10.8. The van der Waals surface area contributed by atoms with Crippen molar-refractivity contribution in [2.45, 2.75) is 43.8 Å². The lowest BCUT2D eigenvalue weighted by Crippen LogP contribution is -2.48. The SMILES string of the molecule is O=Cc1cc(Br)c(OC2CCOC3(CCC3)C2)c(Br)c1. The number of hydrogen-bond donors (Lipinski definition) is 0. The van der Waals surface area contributed by atoms with Gasteiger partial charge >= 0.3 is 0 Å². The Morgan fingerprint density at radius 2 is 2.00 bits per heavy atom. The topological polar surface area (TPSA) is 35.5 Å². The molecule has 3 rings (SSSR count). The van der Waals surface area contributed by atoms with Crippen LogP contribution < -0.4 is 4.74 Å². The second-order valence-electron chi connectivity index (χ2n) is 5.55. The van der Waals surface area contributed by atoms with E-state index < -0.39 is 0 Å². The van der Waals surface area contributed by atoms with Gasteiger partial charge < -0.3 is 9.47 Å². The highest BCUT2D eigenvalue weighted by Crippen LogP contribution is 2.44. The summed E-state index contributed by atoms with van der Waals surface area (Å²) in [4.78, 5) is 10.8. The first kappa shape index (κ1) is 14.5. The lowest BCUT2D eigenvalue weighted by Gasteiger charge is -2.47. The van der Waals surface area contributed by atoms with Gasteiger partial charge in [0, 0.05) is 18.4 Å². The fourth-order valence-electron chi connectivity index (χ4n) is 2.93. The molecule has 1 aromatic rings. The van der Waals surface area contributed by atoms with Gasteiger partial charge in [-0.2, -0.15) is 0 Å². The molecule has 108 valence electrons. The lowest BCUT2D eigenvalue weighted by molar-refractivity contribution is -0.153. The Balaban J connectivity index is 1.75. The van der Waals surface area contributed by atoms with E-state index in [1.165, 1.54) is 6.42 Å². The second kappa shape index (κ2) is 5.78. The van der Waals surface area contributed by atoms with Gasteiger partial charge in [-0.05, 0) is 63.3 Å². The van der Waals surface area contributed by atoms with Crippen molar-refractivity contribution in [1.82, 2.24) is 0 Å². The second-order valence-corrected chi connectivity index (χ2v) is 7.26. The molecule has 1 aliphatic carbocycles. The van der Waals surface area contributed by atoms with Crippen LogP contribution in [0.25, 0.3) is 0 Å². The summed E-state index contributed by atoms with van der Waals surface area (Å²) >= 11 is 6.96. The summed E-state index contributed by atoms with van der Waals surface area (Å²) in [6.45, 7) is 0.770. The number of rotatable bonds is 3. The van der Waals surface area contributed by atoms with Crippen molar-refractivity contribution in [2.24, 2.45) is 0 Å². The quantitative estimate of drug-likeness (QED) is 0.696. The van der Waals surface area contributed by atoms with Gasteiger partial charge in [-0.25, -0.2) is 0 Å². The van der Waals surface area contributed by atoms with E-state index in [9.17, 15) is 4.79 Å². The minimum atomic E-state index is 0.0740. The number of aldehydes is 1. The molecule has 1 aromatic carbocycles. The van der Waals surface area contributed by atoms with E-state index in [0.717, 1.165) is 53.3 Å². The fourth-order valence-corrected chi connectivity index (χ4v) is 4.34. The third-order valence-corrected chi connectivity index (χ3v) is 5.33. The van der Waals surface area contributed by atoms with Crippen molar-refractivity contribution in [3.8, 4) is 5.75 Å². The molecule has 2 fully saturated rings. The predicted molar refractivity (Wildman–Crippen MR) is 83.4 cm³/mol. The first-order valence-electron chi connectivity index (χ1n) is 6.87. The molecule has 0 bridgehead atoms. The molecular weight excluding hydrogens is 388 g/mol. The predicted octanol–water partition coefficient (Wildman–Crippen LogP) is 4.50. The number of hydrogen-bond acceptors (Lipinski definition) is 3. The molecule has 1 atom stereocenters. The minimum Gasteiger partial charge on any atom is -0.488 e. The number of benzene rings is 1. The molecule has 1 aliphatic heterocycles. The Kier molecular flexibility index (Phi) is 4.20. The van der Waals surface area contributed by atoms with Gasteiger partial charge in [0.05, 0.1) is 21.2 Å². The molecule has 1 heterocycles. The number of halogens is 2. The highest BCUT2D eigenvalue weighted by atomic mass is 79.9. The third-order valence-electron chi connectivity index (χ3n) is 4.15. The Hall–Kier alpha value is -0.390. The van der Waals surface area contributed by atoms with Gasteiger partial charge in [0.2, 0.25) is 0 Å². The van der Waals surface area contributed by atoms with E-state index >= 15 is 0 Å². The van der Waals surface area contributed by atoms with Crippen LogP contribution in [0.15, 0.2) is 21.1 Å². The first-order chi connectivity index (χ1) is 9.62. The summed E-state index contributed by atoms with van der Waals surface area (Å²) in [6, 6.07) is 3.57. The molecule has 1 saturated carbocycles. The molecule has 0 amide bonds. The maximum Gasteiger partial charge on any atom is 0.150 e. The third kappa shape index (κ3) is 2.81. The molecule has 0 N–H and O–H groups in total. The van der Waals surface area contributed by atoms with E-state index in [0.29, 0.717) is 5.56 Å². The molecular formula is C15H16Br2O3. The molecule has 2 aliphatic rings. The Morgan fingerprint density at radius 3 is 2.55 bits per heavy atom. The molecule has 0 aromatic heterocycles. The van der Waals surface area contributed by atoms with Gasteiger partial charge in [0.15, 0.2) is 0 Å². The van der Waals surface area contributed by atoms with Crippen molar-refractivity contribution in [3.63, 3.8) is 0 Å². The van der Waals surface area contributed by atoms with Crippen LogP contribution in [-0.2, 0) is 4.74 Å². The zero-order valence-electron chi connectivity index (χ0n) is 11.0. The van der Waals surface area contributed by atoms with E-state index in [2.05, 4.69) is 31.9 Å². The molecule has 20 heavy (non-hydrogen) atoms. The average molecular weight is 404 g/mol. The van der Waals surface area contributed by atoms with Crippen molar-refractivity contribution in [3.05, 3.63) is 26.6 Å². The van der Waals surface area contributed by atoms with E-state index in [1.54, 1.807) is 12.1 Å². The van der Waals surface area contributed by atoms with Crippen LogP contribution in [0.2, 0.25) is 0 Å². The van der Waals surface area contributed by atoms with Crippen molar-refractivity contribution >= 4 is 38.1 Å². The van der Waals surface area contributed by atoms with Gasteiger partial charge in [0.1, 0.15) is 18.1 Å². The molecule has 0 radical (unpaired) electrons. The average Bonchev–Trinajstić information content (AvgIpc) is 2.41. The Labute approximate surface area is 135 Å². The van der Waals surface area contributed by atoms with Crippen LogP contribution >= 0.6 is 31.9 Å². The van der Waals surface area contributed by atoms with Crippen LogP contribution in [-0.4, -0.2) is 24.6 Å². The largest absolute Gasteiger partial charge is 0.488 e. The highest BCUT2D eigenvalue weighted by molar-refractivity contribution is 9.11. The molecule has 1 unspecified atom stereocenters. The van der Waals surface area contributed by atoms with Gasteiger partial charge in [-0.3, -0.25) is 4.79 Å². The summed E-state index contributed by atoms with van der Waals surface area (Å²) in [7, 11) is 0. The van der Waals surface area contributed by atoms with Gasteiger partial charge in [-0.15, -0.1) is 0 Å². The van der Waals surface area contributed by atoms with Crippen LogP contribution in [0.5, 0.6) is 5.75 Å². The molecule has 3 nitrogen and oxygen atoms in total. The summed E-state index contributed by atoms with van der Waals surface area (Å²) in [5.41, 5.74) is 0.698. The van der Waals surface area contributed by atoms with Crippen LogP contribution in [0.1, 0.15) is 42.5 Å². The van der Waals surface area contributed by atoms with E-state index in [1.807, 2.05) is 0 Å². The highest BCUT2D eigenvalue weighted by Gasteiger charge is 2.43.